The summed E-state index contributed by atoms with van der Waals surface area (Å²) in [5, 5.41) is 9.49. The molecular weight excluding hydrogens is 428 g/mol. The van der Waals surface area contributed by atoms with E-state index in [9.17, 15) is 14.4 Å². The number of thioether (sulfide) groups is 1. The lowest BCUT2D eigenvalue weighted by Crippen LogP contribution is -2.42. The minimum absolute atomic E-state index is 0.178. The molecule has 1 atom stereocenters. The van der Waals surface area contributed by atoms with Crippen LogP contribution in [0.3, 0.4) is 0 Å². The van der Waals surface area contributed by atoms with Crippen LogP contribution in [0.5, 0.6) is 0 Å². The molecule has 4 rings (SSSR count). The zero-order chi connectivity index (χ0) is 22.7. The molecule has 0 saturated carbocycles. The monoisotopic (exact) mass is 454 g/mol. The summed E-state index contributed by atoms with van der Waals surface area (Å²) in [6, 6.07) is 8.77. The highest BCUT2D eigenvalue weighted by Gasteiger charge is 2.28. The number of amides is 3. The number of nitrogens with one attached hydrogen (secondary N) is 2. The van der Waals surface area contributed by atoms with Crippen LogP contribution < -0.4 is 16.2 Å². The zero-order valence-electron chi connectivity index (χ0n) is 18.1. The Hall–Kier alpha value is -3.14. The lowest BCUT2D eigenvalue weighted by molar-refractivity contribution is -0.119. The first-order valence-corrected chi connectivity index (χ1v) is 11.7. The normalized spacial score (nSPS) is 14.4. The molecule has 0 aliphatic carbocycles. The van der Waals surface area contributed by atoms with Crippen LogP contribution in [0.4, 0.5) is 4.79 Å². The molecule has 3 amide bonds. The topological polar surface area (TPSA) is 111 Å². The molecule has 1 aromatic carbocycles. The van der Waals surface area contributed by atoms with Gasteiger partial charge in [-0.1, -0.05) is 36.4 Å². The summed E-state index contributed by atoms with van der Waals surface area (Å²) < 4.78 is 3.44. The molecule has 1 aromatic rings. The Balaban J connectivity index is 1.74. The average Bonchev–Trinajstić information content (AvgIpc) is 2.95. The van der Waals surface area contributed by atoms with Crippen molar-refractivity contribution in [1.82, 2.24) is 30.0 Å². The first kappa shape index (κ1) is 22.1. The zero-order valence-corrected chi connectivity index (χ0v) is 18.9. The lowest BCUT2D eigenvalue weighted by Gasteiger charge is -2.19. The second-order valence-electron chi connectivity index (χ2n) is 7.66. The van der Waals surface area contributed by atoms with Gasteiger partial charge in [0.15, 0.2) is 11.0 Å². The van der Waals surface area contributed by atoms with Gasteiger partial charge in [0.05, 0.1) is 10.9 Å². The van der Waals surface area contributed by atoms with E-state index in [-0.39, 0.29) is 5.56 Å². The van der Waals surface area contributed by atoms with Crippen LogP contribution in [0.1, 0.15) is 38.8 Å². The van der Waals surface area contributed by atoms with Crippen molar-refractivity contribution >= 4 is 23.7 Å². The summed E-state index contributed by atoms with van der Waals surface area (Å²) in [7, 11) is 0. The summed E-state index contributed by atoms with van der Waals surface area (Å²) in [6.45, 7) is 4.67. The number of para-hydroxylation sites is 1. The average molecular weight is 455 g/mol. The Labute approximate surface area is 189 Å². The smallest absolute Gasteiger partial charge is 0.321 e. The molecule has 3 aliphatic heterocycles. The standard InChI is InChI=1S/C22H26N6O3S/c1-3-23-21(31)25-19(29)14(2)32-22-24-18-17(16-12-8-5-9-13-27(16)22)20(30)28(26-18)15-10-6-4-7-11-15/h4,6-7,10-11,14H,3,5,8-9,12-13H2,1-2H3,(H2,23,25,29,31)/t14-/m0/s1. The maximum absolute atomic E-state index is 13.3. The minimum Gasteiger partial charge on any atom is -0.338 e. The van der Waals surface area contributed by atoms with E-state index in [1.54, 1.807) is 13.8 Å². The molecule has 0 radical (unpaired) electrons. The van der Waals surface area contributed by atoms with Crippen LogP contribution >= 0.6 is 11.8 Å². The van der Waals surface area contributed by atoms with Gasteiger partial charge < -0.3 is 9.88 Å². The summed E-state index contributed by atoms with van der Waals surface area (Å²) in [6.07, 6.45) is 3.76. The maximum Gasteiger partial charge on any atom is 0.321 e. The van der Waals surface area contributed by atoms with E-state index in [2.05, 4.69) is 20.7 Å². The van der Waals surface area contributed by atoms with E-state index in [4.69, 9.17) is 0 Å². The van der Waals surface area contributed by atoms with Gasteiger partial charge in [-0.05, 0) is 45.2 Å². The van der Waals surface area contributed by atoms with Crippen LogP contribution in [0.15, 0.2) is 40.3 Å². The van der Waals surface area contributed by atoms with Crippen LogP contribution in [-0.4, -0.2) is 43.1 Å². The van der Waals surface area contributed by atoms with Crippen molar-refractivity contribution in [2.75, 3.05) is 6.54 Å². The van der Waals surface area contributed by atoms with E-state index in [1.165, 1.54) is 16.4 Å². The van der Waals surface area contributed by atoms with Gasteiger partial charge in [0.25, 0.3) is 5.56 Å². The van der Waals surface area contributed by atoms with Crippen molar-refractivity contribution in [2.45, 2.75) is 56.5 Å². The first-order chi connectivity index (χ1) is 15.5. The predicted molar refractivity (Wildman–Crippen MR) is 122 cm³/mol. The van der Waals surface area contributed by atoms with Crippen LogP contribution in [0, 0.1) is 0 Å². The number of carbonyl (C=O) groups is 2. The molecule has 3 heterocycles. The Morgan fingerprint density at radius 3 is 2.72 bits per heavy atom. The van der Waals surface area contributed by atoms with Gasteiger partial charge in [0, 0.05) is 18.8 Å². The SMILES string of the molecule is CCNC(=O)NC(=O)[C@H](C)Sc1nc2nn(-c3ccccc3)c(=O)c-2c2n1CCCCC2. The molecule has 0 unspecified atom stereocenters. The fourth-order valence-corrected chi connectivity index (χ4v) is 4.77. The molecule has 0 saturated heterocycles. The van der Waals surface area contributed by atoms with Gasteiger partial charge >= 0.3 is 6.03 Å². The van der Waals surface area contributed by atoms with Gasteiger partial charge in [-0.2, -0.15) is 4.68 Å². The van der Waals surface area contributed by atoms with Crippen molar-refractivity contribution in [3.63, 3.8) is 0 Å². The van der Waals surface area contributed by atoms with Crippen molar-refractivity contribution in [2.24, 2.45) is 0 Å². The van der Waals surface area contributed by atoms with E-state index in [0.29, 0.717) is 28.8 Å². The van der Waals surface area contributed by atoms with E-state index in [1.807, 2.05) is 34.9 Å². The Morgan fingerprint density at radius 2 is 1.97 bits per heavy atom. The lowest BCUT2D eigenvalue weighted by atomic mass is 10.1. The van der Waals surface area contributed by atoms with Crippen molar-refractivity contribution in [1.29, 1.82) is 0 Å². The highest BCUT2D eigenvalue weighted by Crippen LogP contribution is 2.32. The number of carbonyl (C=O) groups excluding carboxylic acids is 2. The number of hydrogen-bond donors (Lipinski definition) is 2. The fraction of sp³-hybridized carbons (Fsp3) is 0.409. The van der Waals surface area contributed by atoms with Gasteiger partial charge in [-0.25, -0.2) is 9.78 Å². The largest absolute Gasteiger partial charge is 0.338 e. The molecule has 32 heavy (non-hydrogen) atoms. The van der Waals surface area contributed by atoms with Crippen molar-refractivity contribution in [3.05, 3.63) is 46.4 Å². The quantitative estimate of drug-likeness (QED) is 0.453. The highest BCUT2D eigenvalue weighted by atomic mass is 32.2. The number of benzene rings is 1. The first-order valence-electron chi connectivity index (χ1n) is 10.8. The van der Waals surface area contributed by atoms with Gasteiger partial charge in [0.1, 0.15) is 5.56 Å². The molecule has 0 spiro atoms. The van der Waals surface area contributed by atoms with Crippen molar-refractivity contribution < 1.29 is 9.59 Å². The number of rotatable bonds is 5. The number of fused-ring (bicyclic) bond motifs is 3. The highest BCUT2D eigenvalue weighted by molar-refractivity contribution is 8.00. The van der Waals surface area contributed by atoms with Gasteiger partial charge in [-0.15, -0.1) is 5.10 Å². The second-order valence-corrected chi connectivity index (χ2v) is 8.97. The molecule has 0 bridgehead atoms. The molecule has 10 heteroatoms. The van der Waals surface area contributed by atoms with E-state index < -0.39 is 17.2 Å². The summed E-state index contributed by atoms with van der Waals surface area (Å²) in [4.78, 5) is 42.2. The number of hydrogen-bond acceptors (Lipinski definition) is 6. The third-order valence-electron chi connectivity index (χ3n) is 5.39. The molecule has 9 nitrogen and oxygen atoms in total. The Bertz CT molecular complexity index is 1160. The molecule has 2 N–H and O–H groups in total. The second kappa shape index (κ2) is 9.56. The number of urea groups is 1. The summed E-state index contributed by atoms with van der Waals surface area (Å²) >= 11 is 1.27. The Kier molecular flexibility index (Phi) is 6.59. The van der Waals surface area contributed by atoms with Gasteiger partial charge in [-0.3, -0.25) is 14.9 Å². The van der Waals surface area contributed by atoms with Crippen LogP contribution in [0.2, 0.25) is 0 Å². The Morgan fingerprint density at radius 1 is 1.19 bits per heavy atom. The molecule has 3 aliphatic rings. The third kappa shape index (κ3) is 4.40. The molecule has 0 aromatic heterocycles. The van der Waals surface area contributed by atoms with Crippen LogP contribution in [-0.2, 0) is 17.8 Å². The molecule has 168 valence electrons. The van der Waals surface area contributed by atoms with E-state index in [0.717, 1.165) is 37.9 Å². The molecular formula is C22H26N6O3S. The number of aromatic nitrogens is 4. The summed E-state index contributed by atoms with van der Waals surface area (Å²) in [5.74, 6) is -0.0176. The van der Waals surface area contributed by atoms with E-state index >= 15 is 0 Å². The number of nitrogens with zero attached hydrogens (tertiary/aromatic N) is 4. The minimum atomic E-state index is -0.551. The summed E-state index contributed by atoms with van der Waals surface area (Å²) in [5.41, 5.74) is 1.97. The van der Waals surface area contributed by atoms with Crippen molar-refractivity contribution in [3.8, 4) is 17.1 Å². The maximum atomic E-state index is 13.3. The molecule has 0 fully saturated rings. The third-order valence-corrected chi connectivity index (χ3v) is 6.48. The number of imide groups is 1. The predicted octanol–water partition coefficient (Wildman–Crippen LogP) is 2.59. The van der Waals surface area contributed by atoms with Crippen LogP contribution in [0.25, 0.3) is 17.1 Å². The fourth-order valence-electron chi connectivity index (χ4n) is 3.82. The van der Waals surface area contributed by atoms with Gasteiger partial charge in [0.2, 0.25) is 5.91 Å².